The van der Waals surface area contributed by atoms with Crippen molar-refractivity contribution in [3.63, 3.8) is 0 Å². The van der Waals surface area contributed by atoms with E-state index in [-0.39, 0.29) is 11.6 Å². The molecular formula is C19H21FO. The quantitative estimate of drug-likeness (QED) is 0.806. The molecule has 0 bridgehead atoms. The molecule has 0 fully saturated rings. The minimum atomic E-state index is -0.621. The van der Waals surface area contributed by atoms with Gasteiger partial charge < -0.3 is 0 Å². The number of carbonyl (C=O) groups excluding carboxylic acids is 1. The molecule has 2 heteroatoms. The van der Waals surface area contributed by atoms with Crippen molar-refractivity contribution in [1.29, 1.82) is 0 Å². The van der Waals surface area contributed by atoms with Gasteiger partial charge >= 0.3 is 0 Å². The summed E-state index contributed by atoms with van der Waals surface area (Å²) in [5, 5.41) is 0. The van der Waals surface area contributed by atoms with Gasteiger partial charge in [-0.05, 0) is 56.5 Å². The molecule has 0 atom stereocenters. The lowest BCUT2D eigenvalue weighted by molar-refractivity contribution is -0.122. The maximum absolute atomic E-state index is 13.0. The summed E-state index contributed by atoms with van der Waals surface area (Å²) in [6.07, 6.45) is 0.401. The number of carbonyl (C=O) groups is 1. The number of rotatable bonds is 4. The van der Waals surface area contributed by atoms with Crippen LogP contribution in [0.3, 0.4) is 0 Å². The topological polar surface area (TPSA) is 17.1 Å². The number of aryl methyl sites for hydroxylation is 2. The van der Waals surface area contributed by atoms with E-state index in [0.717, 1.165) is 22.3 Å². The lowest BCUT2D eigenvalue weighted by Crippen LogP contribution is -2.30. The molecule has 1 nitrogen and oxygen atoms in total. The molecule has 0 saturated carbocycles. The van der Waals surface area contributed by atoms with E-state index in [9.17, 15) is 9.18 Å². The van der Waals surface area contributed by atoms with Gasteiger partial charge in [0.15, 0.2) is 0 Å². The molecule has 21 heavy (non-hydrogen) atoms. The zero-order valence-corrected chi connectivity index (χ0v) is 13.0. The van der Waals surface area contributed by atoms with Crippen LogP contribution in [0.2, 0.25) is 0 Å². The van der Waals surface area contributed by atoms with E-state index in [0.29, 0.717) is 6.42 Å². The number of Topliss-reactive ketones (excluding diaryl/α,β-unsaturated/α-hetero) is 1. The Kier molecular flexibility index (Phi) is 4.26. The number of halogens is 1. The van der Waals surface area contributed by atoms with Crippen molar-refractivity contribution in [2.45, 2.75) is 39.5 Å². The van der Waals surface area contributed by atoms with Crippen molar-refractivity contribution >= 4 is 5.78 Å². The highest BCUT2D eigenvalue weighted by atomic mass is 19.1. The Morgan fingerprint density at radius 3 is 2.29 bits per heavy atom. The molecule has 0 spiro atoms. The summed E-state index contributed by atoms with van der Waals surface area (Å²) in [5.41, 5.74) is 3.57. The van der Waals surface area contributed by atoms with Gasteiger partial charge in [0.2, 0.25) is 0 Å². The van der Waals surface area contributed by atoms with E-state index >= 15 is 0 Å². The van der Waals surface area contributed by atoms with Gasteiger partial charge in [0.1, 0.15) is 11.6 Å². The van der Waals surface area contributed by atoms with Crippen molar-refractivity contribution in [3.8, 4) is 0 Å². The molecule has 0 radical (unpaired) electrons. The Labute approximate surface area is 125 Å². The van der Waals surface area contributed by atoms with Crippen molar-refractivity contribution in [2.24, 2.45) is 0 Å². The molecule has 2 aromatic carbocycles. The fourth-order valence-electron chi connectivity index (χ4n) is 2.41. The normalized spacial score (nSPS) is 11.5. The van der Waals surface area contributed by atoms with Crippen LogP contribution in [0.25, 0.3) is 0 Å². The first-order chi connectivity index (χ1) is 9.80. The zero-order valence-electron chi connectivity index (χ0n) is 13.0. The van der Waals surface area contributed by atoms with Crippen LogP contribution in [0.4, 0.5) is 4.39 Å². The van der Waals surface area contributed by atoms with Crippen LogP contribution >= 0.6 is 0 Å². The van der Waals surface area contributed by atoms with Crippen molar-refractivity contribution in [3.05, 3.63) is 70.5 Å². The van der Waals surface area contributed by atoms with Crippen LogP contribution in [0.5, 0.6) is 0 Å². The van der Waals surface area contributed by atoms with Gasteiger partial charge in [-0.1, -0.05) is 35.9 Å². The fourth-order valence-corrected chi connectivity index (χ4v) is 2.41. The van der Waals surface area contributed by atoms with Crippen molar-refractivity contribution < 1.29 is 9.18 Å². The van der Waals surface area contributed by atoms with Crippen molar-refractivity contribution in [1.82, 2.24) is 0 Å². The Hall–Kier alpha value is -1.96. The summed E-state index contributed by atoms with van der Waals surface area (Å²) in [5.74, 6) is -0.140. The highest BCUT2D eigenvalue weighted by Crippen LogP contribution is 2.27. The summed E-state index contributed by atoms with van der Waals surface area (Å²) in [4.78, 5) is 12.7. The second kappa shape index (κ2) is 5.80. The van der Waals surface area contributed by atoms with Gasteiger partial charge in [-0.2, -0.15) is 0 Å². The molecule has 0 saturated heterocycles. The highest BCUT2D eigenvalue weighted by Gasteiger charge is 2.29. The third kappa shape index (κ3) is 3.38. The maximum atomic E-state index is 13.0. The average molecular weight is 284 g/mol. The molecule has 0 aliphatic carbocycles. The maximum Gasteiger partial charge on any atom is 0.147 e. The molecular weight excluding hydrogens is 263 g/mol. The lowest BCUT2D eigenvalue weighted by Gasteiger charge is -2.24. The number of ketones is 1. The molecule has 0 aliphatic rings. The second-order valence-electron chi connectivity index (χ2n) is 6.16. The summed E-state index contributed by atoms with van der Waals surface area (Å²) in [7, 11) is 0. The Morgan fingerprint density at radius 2 is 1.67 bits per heavy atom. The number of hydrogen-bond acceptors (Lipinski definition) is 1. The molecule has 0 heterocycles. The van der Waals surface area contributed by atoms with Gasteiger partial charge in [0.05, 0.1) is 0 Å². The van der Waals surface area contributed by atoms with Gasteiger partial charge in [0, 0.05) is 11.8 Å². The third-order valence-corrected chi connectivity index (χ3v) is 4.12. The van der Waals surface area contributed by atoms with Crippen LogP contribution in [0.1, 0.15) is 36.1 Å². The molecule has 110 valence electrons. The lowest BCUT2D eigenvalue weighted by atomic mass is 9.78. The van der Waals surface area contributed by atoms with Crippen LogP contribution in [-0.4, -0.2) is 5.78 Å². The first kappa shape index (κ1) is 15.4. The predicted molar refractivity (Wildman–Crippen MR) is 84.1 cm³/mol. The van der Waals surface area contributed by atoms with Gasteiger partial charge in [-0.25, -0.2) is 4.39 Å². The summed E-state index contributed by atoms with van der Waals surface area (Å²) in [6.45, 7) is 7.84. The molecule has 0 N–H and O–H groups in total. The van der Waals surface area contributed by atoms with E-state index in [1.54, 1.807) is 12.1 Å². The summed E-state index contributed by atoms with van der Waals surface area (Å²) < 4.78 is 13.0. The number of hydrogen-bond donors (Lipinski definition) is 0. The molecule has 2 rings (SSSR count). The van der Waals surface area contributed by atoms with E-state index in [1.807, 2.05) is 33.8 Å². The monoisotopic (exact) mass is 284 g/mol. The molecule has 0 aliphatic heterocycles. The SMILES string of the molecule is Cc1ccc(C)c(CC(=O)C(C)(C)c2ccc(F)cc2)c1. The van der Waals surface area contributed by atoms with E-state index in [4.69, 9.17) is 0 Å². The summed E-state index contributed by atoms with van der Waals surface area (Å²) >= 11 is 0. The highest BCUT2D eigenvalue weighted by molar-refractivity contribution is 5.91. The van der Waals surface area contributed by atoms with Gasteiger partial charge in [-0.3, -0.25) is 4.79 Å². The largest absolute Gasteiger partial charge is 0.298 e. The van der Waals surface area contributed by atoms with E-state index < -0.39 is 5.41 Å². The summed E-state index contributed by atoms with van der Waals surface area (Å²) in [6, 6.07) is 12.3. The Balaban J connectivity index is 2.26. The van der Waals surface area contributed by atoms with Crippen LogP contribution in [0.15, 0.2) is 42.5 Å². The van der Waals surface area contributed by atoms with Gasteiger partial charge in [0.25, 0.3) is 0 Å². The number of benzene rings is 2. The van der Waals surface area contributed by atoms with E-state index in [1.165, 1.54) is 12.1 Å². The molecule has 2 aromatic rings. The second-order valence-corrected chi connectivity index (χ2v) is 6.16. The third-order valence-electron chi connectivity index (χ3n) is 4.12. The van der Waals surface area contributed by atoms with Crippen LogP contribution in [-0.2, 0) is 16.6 Å². The zero-order chi connectivity index (χ0) is 15.6. The Morgan fingerprint density at radius 1 is 1.05 bits per heavy atom. The van der Waals surface area contributed by atoms with Crippen LogP contribution in [0, 0.1) is 19.7 Å². The molecule has 0 unspecified atom stereocenters. The first-order valence-corrected chi connectivity index (χ1v) is 7.16. The minimum absolute atomic E-state index is 0.141. The predicted octanol–water partition coefficient (Wildman–Crippen LogP) is 4.53. The fraction of sp³-hybridized carbons (Fsp3) is 0.316. The molecule has 0 amide bonds. The smallest absolute Gasteiger partial charge is 0.147 e. The molecule has 0 aromatic heterocycles. The van der Waals surface area contributed by atoms with E-state index in [2.05, 4.69) is 12.1 Å². The standard InChI is InChI=1S/C19H21FO/c1-13-5-6-14(2)15(11-13)12-18(21)19(3,4)16-7-9-17(20)10-8-16/h5-11H,12H2,1-4H3. The first-order valence-electron chi connectivity index (χ1n) is 7.16. The Bertz CT molecular complexity index is 654. The van der Waals surface area contributed by atoms with Crippen LogP contribution < -0.4 is 0 Å². The minimum Gasteiger partial charge on any atom is -0.298 e. The average Bonchev–Trinajstić information content (AvgIpc) is 2.43. The van der Waals surface area contributed by atoms with Crippen molar-refractivity contribution in [2.75, 3.05) is 0 Å². The van der Waals surface area contributed by atoms with Gasteiger partial charge in [-0.15, -0.1) is 0 Å².